The maximum Gasteiger partial charge on any atom is 0.287 e. The van der Waals surface area contributed by atoms with Gasteiger partial charge in [-0.15, -0.1) is 0 Å². The van der Waals surface area contributed by atoms with E-state index in [0.29, 0.717) is 23.1 Å². The number of carbonyl (C=O) groups excluding carboxylic acids is 1. The summed E-state index contributed by atoms with van der Waals surface area (Å²) in [6.45, 7) is 0. The molecule has 1 heterocycles. The van der Waals surface area contributed by atoms with Crippen LogP contribution in [0.2, 0.25) is 0 Å². The molecule has 0 unspecified atom stereocenters. The standard InChI is InChI=1S/C15H17NO3/c1-18-12-8-4-5-10-9-13(19-14(10)12)15(17)16-11-6-2-3-7-11/h4-5,8-9,11H,2-3,6-7H2,1H3,(H,16,17). The first-order chi connectivity index (χ1) is 9.28. The lowest BCUT2D eigenvalue weighted by molar-refractivity contribution is 0.0912. The van der Waals surface area contributed by atoms with E-state index in [-0.39, 0.29) is 5.91 Å². The molecule has 0 saturated heterocycles. The second-order valence-corrected chi connectivity index (χ2v) is 4.94. The molecule has 0 spiro atoms. The van der Waals surface area contributed by atoms with Crippen molar-refractivity contribution in [3.05, 3.63) is 30.0 Å². The lowest BCUT2D eigenvalue weighted by atomic mass is 10.2. The number of hydrogen-bond donors (Lipinski definition) is 1. The topological polar surface area (TPSA) is 51.5 Å². The Balaban J connectivity index is 1.86. The van der Waals surface area contributed by atoms with Crippen molar-refractivity contribution < 1.29 is 13.9 Å². The van der Waals surface area contributed by atoms with Crippen molar-refractivity contribution in [2.45, 2.75) is 31.7 Å². The monoisotopic (exact) mass is 259 g/mol. The van der Waals surface area contributed by atoms with Gasteiger partial charge < -0.3 is 14.5 Å². The normalized spacial score (nSPS) is 15.8. The summed E-state index contributed by atoms with van der Waals surface area (Å²) in [7, 11) is 1.59. The fraction of sp³-hybridized carbons (Fsp3) is 0.400. The minimum absolute atomic E-state index is 0.134. The second-order valence-electron chi connectivity index (χ2n) is 4.94. The molecule has 1 aliphatic carbocycles. The Morgan fingerprint density at radius 2 is 2.16 bits per heavy atom. The van der Waals surface area contributed by atoms with Crippen molar-refractivity contribution in [3.63, 3.8) is 0 Å². The Kier molecular flexibility index (Phi) is 3.15. The van der Waals surface area contributed by atoms with E-state index in [9.17, 15) is 4.79 Å². The van der Waals surface area contributed by atoms with E-state index < -0.39 is 0 Å². The highest BCUT2D eigenvalue weighted by Crippen LogP contribution is 2.28. The lowest BCUT2D eigenvalue weighted by Gasteiger charge is -2.09. The first kappa shape index (κ1) is 12.1. The molecule has 1 aromatic heterocycles. The number of furan rings is 1. The van der Waals surface area contributed by atoms with Crippen LogP contribution in [-0.4, -0.2) is 19.1 Å². The molecule has 4 nitrogen and oxygen atoms in total. The molecular formula is C15H17NO3. The molecule has 0 atom stereocenters. The third-order valence-corrected chi connectivity index (χ3v) is 3.64. The van der Waals surface area contributed by atoms with E-state index in [1.165, 1.54) is 12.8 Å². The van der Waals surface area contributed by atoms with E-state index in [4.69, 9.17) is 9.15 Å². The van der Waals surface area contributed by atoms with Gasteiger partial charge in [-0.05, 0) is 25.0 Å². The smallest absolute Gasteiger partial charge is 0.287 e. The number of rotatable bonds is 3. The third-order valence-electron chi connectivity index (χ3n) is 3.64. The summed E-state index contributed by atoms with van der Waals surface area (Å²) in [6, 6.07) is 7.68. The van der Waals surface area contributed by atoms with Gasteiger partial charge in [-0.25, -0.2) is 0 Å². The number of methoxy groups -OCH3 is 1. The average Bonchev–Trinajstić information content (AvgIpc) is 3.06. The van der Waals surface area contributed by atoms with Gasteiger partial charge in [0.15, 0.2) is 17.1 Å². The molecule has 1 saturated carbocycles. The van der Waals surface area contributed by atoms with Crippen LogP contribution in [0.5, 0.6) is 5.75 Å². The number of ether oxygens (including phenoxy) is 1. The maximum absolute atomic E-state index is 12.1. The zero-order chi connectivity index (χ0) is 13.2. The maximum atomic E-state index is 12.1. The Morgan fingerprint density at radius 3 is 2.89 bits per heavy atom. The number of nitrogens with one attached hydrogen (secondary N) is 1. The van der Waals surface area contributed by atoms with Gasteiger partial charge in [-0.1, -0.05) is 25.0 Å². The molecule has 0 radical (unpaired) electrons. The number of fused-ring (bicyclic) bond motifs is 1. The third kappa shape index (κ3) is 2.30. The van der Waals surface area contributed by atoms with Gasteiger partial charge in [0.25, 0.3) is 5.91 Å². The van der Waals surface area contributed by atoms with Gasteiger partial charge in [-0.3, -0.25) is 4.79 Å². The Hall–Kier alpha value is -1.97. The first-order valence-corrected chi connectivity index (χ1v) is 6.65. The zero-order valence-electron chi connectivity index (χ0n) is 10.9. The Labute approximate surface area is 111 Å². The van der Waals surface area contributed by atoms with Crippen LogP contribution in [0.1, 0.15) is 36.2 Å². The molecule has 0 bridgehead atoms. The van der Waals surface area contributed by atoms with Crippen LogP contribution < -0.4 is 10.1 Å². The highest BCUT2D eigenvalue weighted by Gasteiger charge is 2.20. The Bertz CT molecular complexity index is 596. The van der Waals surface area contributed by atoms with Crippen LogP contribution in [-0.2, 0) is 0 Å². The number of para-hydroxylation sites is 1. The van der Waals surface area contributed by atoms with Crippen LogP contribution in [0, 0.1) is 0 Å². The summed E-state index contributed by atoms with van der Waals surface area (Å²) < 4.78 is 10.9. The lowest BCUT2D eigenvalue weighted by Crippen LogP contribution is -2.32. The van der Waals surface area contributed by atoms with Crippen LogP contribution in [0.3, 0.4) is 0 Å². The number of benzene rings is 1. The van der Waals surface area contributed by atoms with Crippen molar-refractivity contribution in [1.82, 2.24) is 5.32 Å². The van der Waals surface area contributed by atoms with E-state index in [1.807, 2.05) is 18.2 Å². The largest absolute Gasteiger partial charge is 0.493 e. The molecule has 1 fully saturated rings. The molecule has 0 aliphatic heterocycles. The minimum Gasteiger partial charge on any atom is -0.493 e. The average molecular weight is 259 g/mol. The van der Waals surface area contributed by atoms with Crippen molar-refractivity contribution >= 4 is 16.9 Å². The van der Waals surface area contributed by atoms with Gasteiger partial charge in [0.1, 0.15) is 0 Å². The SMILES string of the molecule is COc1cccc2cc(C(=O)NC3CCCC3)oc12. The van der Waals surface area contributed by atoms with Crippen LogP contribution in [0.25, 0.3) is 11.0 Å². The Morgan fingerprint density at radius 1 is 1.37 bits per heavy atom. The van der Waals surface area contributed by atoms with E-state index in [0.717, 1.165) is 18.2 Å². The van der Waals surface area contributed by atoms with Crippen molar-refractivity contribution in [3.8, 4) is 5.75 Å². The molecular weight excluding hydrogens is 242 g/mol. The van der Waals surface area contributed by atoms with Gasteiger partial charge in [0, 0.05) is 11.4 Å². The number of amides is 1. The molecule has 1 N–H and O–H groups in total. The second kappa shape index (κ2) is 4.96. The van der Waals surface area contributed by atoms with Gasteiger partial charge >= 0.3 is 0 Å². The zero-order valence-corrected chi connectivity index (χ0v) is 10.9. The van der Waals surface area contributed by atoms with Gasteiger partial charge in [0.2, 0.25) is 0 Å². The predicted octanol–water partition coefficient (Wildman–Crippen LogP) is 3.11. The molecule has 19 heavy (non-hydrogen) atoms. The number of hydrogen-bond acceptors (Lipinski definition) is 3. The first-order valence-electron chi connectivity index (χ1n) is 6.65. The van der Waals surface area contributed by atoms with Crippen LogP contribution in [0.15, 0.2) is 28.7 Å². The highest BCUT2D eigenvalue weighted by atomic mass is 16.5. The summed E-state index contributed by atoms with van der Waals surface area (Å²) in [5.41, 5.74) is 0.626. The van der Waals surface area contributed by atoms with Crippen LogP contribution in [0.4, 0.5) is 0 Å². The van der Waals surface area contributed by atoms with Crippen molar-refractivity contribution in [1.29, 1.82) is 0 Å². The fourth-order valence-corrected chi connectivity index (χ4v) is 2.64. The predicted molar refractivity (Wildman–Crippen MR) is 72.5 cm³/mol. The number of carbonyl (C=O) groups is 1. The fourth-order valence-electron chi connectivity index (χ4n) is 2.64. The quantitative estimate of drug-likeness (QED) is 0.921. The molecule has 2 aromatic rings. The molecule has 100 valence electrons. The summed E-state index contributed by atoms with van der Waals surface area (Å²) in [4.78, 5) is 12.1. The van der Waals surface area contributed by atoms with Gasteiger partial charge in [0.05, 0.1) is 7.11 Å². The summed E-state index contributed by atoms with van der Waals surface area (Å²) in [5, 5.41) is 3.91. The molecule has 4 heteroatoms. The molecule has 3 rings (SSSR count). The van der Waals surface area contributed by atoms with Gasteiger partial charge in [-0.2, -0.15) is 0 Å². The summed E-state index contributed by atoms with van der Waals surface area (Å²) >= 11 is 0. The van der Waals surface area contributed by atoms with Crippen LogP contribution >= 0.6 is 0 Å². The summed E-state index contributed by atoms with van der Waals surface area (Å²) in [5.74, 6) is 0.869. The van der Waals surface area contributed by atoms with Crippen molar-refractivity contribution in [2.24, 2.45) is 0 Å². The minimum atomic E-state index is -0.134. The highest BCUT2D eigenvalue weighted by molar-refractivity contribution is 5.97. The molecule has 1 amide bonds. The van der Waals surface area contributed by atoms with E-state index in [2.05, 4.69) is 5.32 Å². The summed E-state index contributed by atoms with van der Waals surface area (Å²) in [6.07, 6.45) is 4.52. The molecule has 1 aliphatic rings. The van der Waals surface area contributed by atoms with E-state index >= 15 is 0 Å². The van der Waals surface area contributed by atoms with E-state index in [1.54, 1.807) is 13.2 Å². The van der Waals surface area contributed by atoms with Crippen molar-refractivity contribution in [2.75, 3.05) is 7.11 Å². The molecule has 1 aromatic carbocycles.